The van der Waals surface area contributed by atoms with Gasteiger partial charge in [0.25, 0.3) is 5.56 Å². The van der Waals surface area contributed by atoms with Gasteiger partial charge >= 0.3 is 0 Å². The summed E-state index contributed by atoms with van der Waals surface area (Å²) >= 11 is 1.34. The maximum atomic E-state index is 13.6. The van der Waals surface area contributed by atoms with Crippen molar-refractivity contribution in [2.24, 2.45) is 0 Å². The lowest BCUT2D eigenvalue weighted by molar-refractivity contribution is -0.128. The highest BCUT2D eigenvalue weighted by atomic mass is 32.2. The number of hydrogen-bond donors (Lipinski definition) is 0. The number of aryl methyl sites for hydroxylation is 2. The van der Waals surface area contributed by atoms with Crippen LogP contribution in [0.15, 0.2) is 82.7 Å². The molecular weight excluding hydrogens is 468 g/mol. The average molecular weight is 499 g/mol. The standard InChI is InChI=1S/C29H30N4O2S/c1-3-22-10-4-7-14-26(22)33-28(35)24-12-5-6-13-25(24)30-29(33)36-20-27(34)32-17-15-31(16-18-32)23-11-8-9-21(2)19-23/h4-14,19H,3,15-18,20H2,1-2H3. The summed E-state index contributed by atoms with van der Waals surface area (Å²) < 4.78 is 1.68. The number of thioether (sulfide) groups is 1. The van der Waals surface area contributed by atoms with Crippen LogP contribution in [0.4, 0.5) is 5.69 Å². The van der Waals surface area contributed by atoms with Gasteiger partial charge in [0, 0.05) is 31.9 Å². The van der Waals surface area contributed by atoms with Crippen molar-refractivity contribution in [2.45, 2.75) is 25.4 Å². The van der Waals surface area contributed by atoms with Crippen molar-refractivity contribution in [1.82, 2.24) is 14.5 Å². The van der Waals surface area contributed by atoms with Crippen LogP contribution < -0.4 is 10.5 Å². The fourth-order valence-corrected chi connectivity index (χ4v) is 5.61. The topological polar surface area (TPSA) is 58.4 Å². The highest BCUT2D eigenvalue weighted by Crippen LogP contribution is 2.25. The first-order valence-electron chi connectivity index (χ1n) is 12.4. The predicted octanol–water partition coefficient (Wildman–Crippen LogP) is 4.70. The minimum atomic E-state index is -0.108. The molecule has 3 aromatic carbocycles. The van der Waals surface area contributed by atoms with Gasteiger partial charge < -0.3 is 9.80 Å². The van der Waals surface area contributed by atoms with Crippen molar-refractivity contribution in [3.8, 4) is 5.69 Å². The first kappa shape index (κ1) is 24.1. The second-order valence-corrected chi connectivity index (χ2v) is 9.97. The molecule has 6 nitrogen and oxygen atoms in total. The number of para-hydroxylation sites is 2. The van der Waals surface area contributed by atoms with E-state index in [2.05, 4.69) is 43.0 Å². The van der Waals surface area contributed by atoms with Gasteiger partial charge in [0.05, 0.1) is 22.3 Å². The molecule has 4 aromatic rings. The quantitative estimate of drug-likeness (QED) is 0.285. The zero-order chi connectivity index (χ0) is 25.1. The van der Waals surface area contributed by atoms with E-state index in [0.717, 1.165) is 30.8 Å². The van der Waals surface area contributed by atoms with Gasteiger partial charge in [0.1, 0.15) is 0 Å². The fraction of sp³-hybridized carbons (Fsp3) is 0.276. The Hall–Kier alpha value is -3.58. The fourth-order valence-electron chi connectivity index (χ4n) is 4.71. The molecule has 36 heavy (non-hydrogen) atoms. The number of fused-ring (bicyclic) bond motifs is 1. The molecule has 1 amide bonds. The van der Waals surface area contributed by atoms with Crippen molar-refractivity contribution in [1.29, 1.82) is 0 Å². The Morgan fingerprint density at radius 3 is 2.47 bits per heavy atom. The van der Waals surface area contributed by atoms with Crippen LogP contribution in [0.2, 0.25) is 0 Å². The molecule has 0 N–H and O–H groups in total. The van der Waals surface area contributed by atoms with Gasteiger partial charge in [-0.3, -0.25) is 14.2 Å². The summed E-state index contributed by atoms with van der Waals surface area (Å²) in [7, 11) is 0. The predicted molar refractivity (Wildman–Crippen MR) is 147 cm³/mol. The van der Waals surface area contributed by atoms with E-state index in [-0.39, 0.29) is 17.2 Å². The Kier molecular flexibility index (Phi) is 7.09. The van der Waals surface area contributed by atoms with E-state index in [9.17, 15) is 9.59 Å². The van der Waals surface area contributed by atoms with E-state index >= 15 is 0 Å². The summed E-state index contributed by atoms with van der Waals surface area (Å²) in [6.45, 7) is 7.16. The Labute approximate surface area is 215 Å². The molecule has 2 heterocycles. The van der Waals surface area contributed by atoms with Crippen LogP contribution >= 0.6 is 11.8 Å². The molecular formula is C29H30N4O2S. The Balaban J connectivity index is 1.36. The van der Waals surface area contributed by atoms with E-state index in [0.29, 0.717) is 29.1 Å². The monoisotopic (exact) mass is 498 g/mol. The molecule has 5 rings (SSSR count). The molecule has 1 fully saturated rings. The zero-order valence-electron chi connectivity index (χ0n) is 20.7. The minimum absolute atomic E-state index is 0.0710. The number of carbonyl (C=O) groups excluding carboxylic acids is 1. The van der Waals surface area contributed by atoms with Crippen LogP contribution in [-0.4, -0.2) is 52.3 Å². The number of amides is 1. The highest BCUT2D eigenvalue weighted by Gasteiger charge is 2.23. The first-order chi connectivity index (χ1) is 17.5. The number of rotatable bonds is 6. The summed E-state index contributed by atoms with van der Waals surface area (Å²) in [6, 6.07) is 23.8. The molecule has 1 aliphatic heterocycles. The van der Waals surface area contributed by atoms with Crippen molar-refractivity contribution < 1.29 is 4.79 Å². The van der Waals surface area contributed by atoms with Crippen LogP contribution in [0.25, 0.3) is 16.6 Å². The van der Waals surface area contributed by atoms with Crippen molar-refractivity contribution in [3.63, 3.8) is 0 Å². The van der Waals surface area contributed by atoms with Gasteiger partial charge in [-0.1, -0.05) is 61.2 Å². The number of nitrogens with zero attached hydrogens (tertiary/aromatic N) is 4. The molecule has 0 saturated carbocycles. The van der Waals surface area contributed by atoms with E-state index in [1.807, 2.05) is 53.4 Å². The highest BCUT2D eigenvalue weighted by molar-refractivity contribution is 7.99. The van der Waals surface area contributed by atoms with Gasteiger partial charge in [-0.25, -0.2) is 4.98 Å². The molecule has 0 aliphatic carbocycles. The third-order valence-electron chi connectivity index (χ3n) is 6.68. The van der Waals surface area contributed by atoms with Crippen LogP contribution in [0, 0.1) is 6.92 Å². The third-order valence-corrected chi connectivity index (χ3v) is 7.61. The smallest absolute Gasteiger partial charge is 0.266 e. The largest absolute Gasteiger partial charge is 0.368 e. The Morgan fingerprint density at radius 1 is 0.944 bits per heavy atom. The van der Waals surface area contributed by atoms with Gasteiger partial charge in [0.15, 0.2) is 5.16 Å². The zero-order valence-corrected chi connectivity index (χ0v) is 21.5. The van der Waals surface area contributed by atoms with Gasteiger partial charge in [-0.2, -0.15) is 0 Å². The van der Waals surface area contributed by atoms with Crippen LogP contribution in [0.1, 0.15) is 18.1 Å². The van der Waals surface area contributed by atoms with Gasteiger partial charge in [-0.15, -0.1) is 0 Å². The molecule has 0 spiro atoms. The normalized spacial score (nSPS) is 13.8. The lowest BCUT2D eigenvalue weighted by Gasteiger charge is -2.36. The second-order valence-electron chi connectivity index (χ2n) is 9.03. The first-order valence-corrected chi connectivity index (χ1v) is 13.4. The van der Waals surface area contributed by atoms with Crippen molar-refractivity contribution in [2.75, 3.05) is 36.8 Å². The number of carbonyl (C=O) groups is 1. The minimum Gasteiger partial charge on any atom is -0.368 e. The lowest BCUT2D eigenvalue weighted by Crippen LogP contribution is -2.49. The van der Waals surface area contributed by atoms with Crippen LogP contribution in [0.5, 0.6) is 0 Å². The number of anilines is 1. The number of aromatic nitrogens is 2. The van der Waals surface area contributed by atoms with E-state index < -0.39 is 0 Å². The van der Waals surface area contributed by atoms with Crippen LogP contribution in [-0.2, 0) is 11.2 Å². The van der Waals surface area contributed by atoms with Crippen LogP contribution in [0.3, 0.4) is 0 Å². The Bertz CT molecular complexity index is 1460. The average Bonchev–Trinajstić information content (AvgIpc) is 2.92. The van der Waals surface area contributed by atoms with Crippen molar-refractivity contribution in [3.05, 3.63) is 94.3 Å². The molecule has 1 saturated heterocycles. The summed E-state index contributed by atoms with van der Waals surface area (Å²) in [4.78, 5) is 35.8. The molecule has 184 valence electrons. The summed E-state index contributed by atoms with van der Waals surface area (Å²) in [6.07, 6.45) is 0.795. The summed E-state index contributed by atoms with van der Waals surface area (Å²) in [5, 5.41) is 1.12. The van der Waals surface area contributed by atoms with Gasteiger partial charge in [0.2, 0.25) is 5.91 Å². The number of benzene rings is 3. The Morgan fingerprint density at radius 2 is 1.69 bits per heavy atom. The molecule has 7 heteroatoms. The van der Waals surface area contributed by atoms with E-state index in [1.54, 1.807) is 4.57 Å². The maximum absolute atomic E-state index is 13.6. The molecule has 0 unspecified atom stereocenters. The van der Waals surface area contributed by atoms with E-state index in [4.69, 9.17) is 4.98 Å². The number of piperazine rings is 1. The SMILES string of the molecule is CCc1ccccc1-n1c(SCC(=O)N2CCN(c3cccc(C)c3)CC2)nc2ccccc2c1=O. The maximum Gasteiger partial charge on any atom is 0.266 e. The second kappa shape index (κ2) is 10.6. The molecule has 0 atom stereocenters. The summed E-state index contributed by atoms with van der Waals surface area (Å²) in [5.74, 6) is 0.311. The third kappa shape index (κ3) is 4.88. The van der Waals surface area contributed by atoms with Gasteiger partial charge in [-0.05, 0) is 54.8 Å². The molecule has 0 bridgehead atoms. The van der Waals surface area contributed by atoms with E-state index in [1.165, 1.54) is 23.0 Å². The molecule has 1 aromatic heterocycles. The lowest BCUT2D eigenvalue weighted by atomic mass is 10.1. The van der Waals surface area contributed by atoms with Crippen molar-refractivity contribution >= 4 is 34.3 Å². The molecule has 0 radical (unpaired) electrons. The number of hydrogen-bond acceptors (Lipinski definition) is 5. The summed E-state index contributed by atoms with van der Waals surface area (Å²) in [5.41, 5.74) is 4.87. The molecule has 1 aliphatic rings.